The summed E-state index contributed by atoms with van der Waals surface area (Å²) in [4.78, 5) is 10.2. The number of halogens is 1. The van der Waals surface area contributed by atoms with Gasteiger partial charge in [-0.05, 0) is 74.8 Å². The monoisotopic (exact) mass is 307 g/mol. The summed E-state index contributed by atoms with van der Waals surface area (Å²) in [5.41, 5.74) is 9.99. The molecule has 0 saturated heterocycles. The molecule has 0 bridgehead atoms. The molecule has 0 spiro atoms. The van der Waals surface area contributed by atoms with Gasteiger partial charge >= 0.3 is 0 Å². The zero-order valence-corrected chi connectivity index (χ0v) is 13.5. The molecule has 0 fully saturated rings. The van der Waals surface area contributed by atoms with Crippen LogP contribution in [0, 0.1) is 20.8 Å². The Morgan fingerprint density at radius 1 is 1.15 bits per heavy atom. The highest BCUT2D eigenvalue weighted by Gasteiger charge is 2.09. The van der Waals surface area contributed by atoms with Crippen LogP contribution in [0.4, 0.5) is 0 Å². The number of rotatable bonds is 4. The molecular weight excluding hydrogens is 290 g/mol. The van der Waals surface area contributed by atoms with E-state index in [2.05, 4.69) is 9.97 Å². The Kier molecular flexibility index (Phi) is 5.02. The highest BCUT2D eigenvalue weighted by atomic mass is 35.5. The van der Waals surface area contributed by atoms with Gasteiger partial charge in [0.2, 0.25) is 0 Å². The number of nitrogens with two attached hydrogens (primary N) is 1. The highest BCUT2D eigenvalue weighted by molar-refractivity contribution is 7.99. The summed E-state index contributed by atoms with van der Waals surface area (Å²) in [6.45, 7) is 6.66. The van der Waals surface area contributed by atoms with E-state index in [9.17, 15) is 0 Å². The Morgan fingerprint density at radius 2 is 1.80 bits per heavy atom. The van der Waals surface area contributed by atoms with Gasteiger partial charge in [-0.3, -0.25) is 0 Å². The second-order valence-corrected chi connectivity index (χ2v) is 6.14. The molecule has 0 aliphatic heterocycles. The first kappa shape index (κ1) is 15.3. The molecule has 1 aromatic carbocycles. The number of nitrogens with zero attached hydrogens (tertiary/aromatic N) is 2. The zero-order valence-electron chi connectivity index (χ0n) is 11.9. The molecular formula is C15H18ClN3S. The fourth-order valence-electron chi connectivity index (χ4n) is 1.88. The lowest BCUT2D eigenvalue weighted by Crippen LogP contribution is -2.04. The van der Waals surface area contributed by atoms with E-state index in [1.807, 2.05) is 39.0 Å². The molecule has 1 heterocycles. The van der Waals surface area contributed by atoms with Gasteiger partial charge in [-0.2, -0.15) is 0 Å². The fourth-order valence-corrected chi connectivity index (χ4v) is 3.07. The van der Waals surface area contributed by atoms with Crippen molar-refractivity contribution in [2.75, 3.05) is 6.54 Å². The van der Waals surface area contributed by atoms with Crippen LogP contribution in [0.15, 0.2) is 28.3 Å². The van der Waals surface area contributed by atoms with Crippen molar-refractivity contribution in [2.45, 2.75) is 37.2 Å². The number of benzene rings is 1. The van der Waals surface area contributed by atoms with E-state index in [1.165, 1.54) is 0 Å². The van der Waals surface area contributed by atoms with Gasteiger partial charge in [0.05, 0.1) is 0 Å². The average molecular weight is 308 g/mol. The third-order valence-corrected chi connectivity index (χ3v) is 4.47. The van der Waals surface area contributed by atoms with Crippen LogP contribution in [-0.4, -0.2) is 16.5 Å². The molecule has 0 atom stereocenters. The summed E-state index contributed by atoms with van der Waals surface area (Å²) >= 11 is 7.61. The Bertz CT molecular complexity index is 606. The van der Waals surface area contributed by atoms with Crippen LogP contribution < -0.4 is 5.73 Å². The van der Waals surface area contributed by atoms with Gasteiger partial charge in [0.25, 0.3) is 0 Å². The van der Waals surface area contributed by atoms with Crippen molar-refractivity contribution in [3.05, 3.63) is 45.7 Å². The van der Waals surface area contributed by atoms with Gasteiger partial charge in [-0.1, -0.05) is 11.6 Å². The molecule has 2 aromatic rings. The van der Waals surface area contributed by atoms with Gasteiger partial charge in [0, 0.05) is 21.3 Å². The summed E-state index contributed by atoms with van der Waals surface area (Å²) < 4.78 is 0. The van der Waals surface area contributed by atoms with Crippen molar-refractivity contribution >= 4 is 23.4 Å². The normalized spacial score (nSPS) is 10.8. The second kappa shape index (κ2) is 6.57. The molecule has 0 aliphatic rings. The topological polar surface area (TPSA) is 51.8 Å². The van der Waals surface area contributed by atoms with Crippen LogP contribution in [0.1, 0.15) is 22.5 Å². The number of hydrogen-bond acceptors (Lipinski definition) is 4. The first-order chi connectivity index (χ1) is 9.51. The predicted octanol–water partition coefficient (Wildman–Crippen LogP) is 3.71. The van der Waals surface area contributed by atoms with Crippen molar-refractivity contribution in [3.8, 4) is 0 Å². The molecule has 0 unspecified atom stereocenters. The van der Waals surface area contributed by atoms with E-state index in [1.54, 1.807) is 11.8 Å². The summed E-state index contributed by atoms with van der Waals surface area (Å²) in [6, 6.07) is 5.86. The van der Waals surface area contributed by atoms with Crippen molar-refractivity contribution in [1.82, 2.24) is 9.97 Å². The van der Waals surface area contributed by atoms with Crippen LogP contribution in [-0.2, 0) is 6.42 Å². The fraction of sp³-hybridized carbons (Fsp3) is 0.333. The first-order valence-electron chi connectivity index (χ1n) is 6.49. The summed E-state index contributed by atoms with van der Waals surface area (Å²) in [7, 11) is 0. The maximum atomic E-state index is 6.05. The molecule has 106 valence electrons. The van der Waals surface area contributed by atoms with Crippen molar-refractivity contribution in [3.63, 3.8) is 0 Å². The molecule has 2 rings (SSSR count). The lowest BCUT2D eigenvalue weighted by Gasteiger charge is -2.10. The minimum absolute atomic E-state index is 0.598. The molecule has 0 radical (unpaired) electrons. The van der Waals surface area contributed by atoms with E-state index < -0.39 is 0 Å². The van der Waals surface area contributed by atoms with E-state index in [4.69, 9.17) is 17.3 Å². The van der Waals surface area contributed by atoms with E-state index in [0.29, 0.717) is 6.54 Å². The molecule has 5 heteroatoms. The van der Waals surface area contributed by atoms with Gasteiger partial charge in [-0.25, -0.2) is 9.97 Å². The van der Waals surface area contributed by atoms with E-state index in [0.717, 1.165) is 44.0 Å². The van der Waals surface area contributed by atoms with Crippen LogP contribution in [0.5, 0.6) is 0 Å². The lowest BCUT2D eigenvalue weighted by molar-refractivity contribution is 0.878. The first-order valence-corrected chi connectivity index (χ1v) is 7.69. The Balaban J connectivity index is 2.34. The van der Waals surface area contributed by atoms with E-state index >= 15 is 0 Å². The van der Waals surface area contributed by atoms with Gasteiger partial charge in [0.15, 0.2) is 5.16 Å². The Morgan fingerprint density at radius 3 is 2.40 bits per heavy atom. The van der Waals surface area contributed by atoms with Gasteiger partial charge in [0.1, 0.15) is 0 Å². The third kappa shape index (κ3) is 3.51. The number of aryl methyl sites for hydroxylation is 2. The van der Waals surface area contributed by atoms with Crippen LogP contribution in [0.25, 0.3) is 0 Å². The molecule has 0 aliphatic carbocycles. The predicted molar refractivity (Wildman–Crippen MR) is 84.6 cm³/mol. The number of hydrogen-bond donors (Lipinski definition) is 1. The average Bonchev–Trinajstić information content (AvgIpc) is 2.39. The highest BCUT2D eigenvalue weighted by Crippen LogP contribution is 2.31. The second-order valence-electron chi connectivity index (χ2n) is 4.69. The third-order valence-electron chi connectivity index (χ3n) is 3.25. The minimum Gasteiger partial charge on any atom is -0.330 e. The summed E-state index contributed by atoms with van der Waals surface area (Å²) in [5.74, 6) is 0. The van der Waals surface area contributed by atoms with Crippen LogP contribution >= 0.6 is 23.4 Å². The van der Waals surface area contributed by atoms with Crippen molar-refractivity contribution < 1.29 is 0 Å². The molecule has 0 amide bonds. The summed E-state index contributed by atoms with van der Waals surface area (Å²) in [6.07, 6.45) is 0.798. The van der Waals surface area contributed by atoms with Crippen LogP contribution in [0.2, 0.25) is 5.02 Å². The summed E-state index contributed by atoms with van der Waals surface area (Å²) in [5, 5.41) is 1.50. The SMILES string of the molecule is Cc1nc(Sc2ccc(Cl)cc2CCN)nc(C)c1C. The zero-order chi connectivity index (χ0) is 14.7. The minimum atomic E-state index is 0.598. The van der Waals surface area contributed by atoms with Crippen molar-refractivity contribution in [2.24, 2.45) is 5.73 Å². The van der Waals surface area contributed by atoms with Gasteiger partial charge in [-0.15, -0.1) is 0 Å². The molecule has 2 N–H and O–H groups in total. The molecule has 20 heavy (non-hydrogen) atoms. The molecule has 3 nitrogen and oxygen atoms in total. The lowest BCUT2D eigenvalue weighted by atomic mass is 10.1. The largest absolute Gasteiger partial charge is 0.330 e. The number of aromatic nitrogens is 2. The van der Waals surface area contributed by atoms with Crippen LogP contribution in [0.3, 0.4) is 0 Å². The molecule has 1 aromatic heterocycles. The standard InChI is InChI=1S/C15H18ClN3S/c1-9-10(2)18-15(19-11(9)3)20-14-5-4-13(16)8-12(14)6-7-17/h4-5,8H,6-7,17H2,1-3H3. The smallest absolute Gasteiger partial charge is 0.192 e. The van der Waals surface area contributed by atoms with E-state index in [-0.39, 0.29) is 0 Å². The Labute approximate surface area is 129 Å². The van der Waals surface area contributed by atoms with Gasteiger partial charge < -0.3 is 5.73 Å². The van der Waals surface area contributed by atoms with Crippen molar-refractivity contribution in [1.29, 1.82) is 0 Å². The molecule has 0 saturated carbocycles. The Hall–Kier alpha value is -1.10. The quantitative estimate of drug-likeness (QED) is 0.875. The maximum Gasteiger partial charge on any atom is 0.192 e. The maximum absolute atomic E-state index is 6.05.